The molecule has 154 valence electrons. The number of aromatic nitrogens is 3. The lowest BCUT2D eigenvalue weighted by Gasteiger charge is -2.38. The van der Waals surface area contributed by atoms with Crippen molar-refractivity contribution in [3.63, 3.8) is 0 Å². The Morgan fingerprint density at radius 2 is 1.93 bits per heavy atom. The lowest BCUT2D eigenvalue weighted by Crippen LogP contribution is -2.48. The second-order valence-electron chi connectivity index (χ2n) is 7.00. The molecular weight excluding hydrogens is 396 g/mol. The number of benzene rings is 1. The minimum atomic E-state index is -0.421. The smallest absolute Gasteiger partial charge is 0.269 e. The third-order valence-electron chi connectivity index (χ3n) is 5.16. The van der Waals surface area contributed by atoms with Crippen LogP contribution >= 0.6 is 11.3 Å². The van der Waals surface area contributed by atoms with Gasteiger partial charge in [-0.1, -0.05) is 23.5 Å². The largest absolute Gasteiger partial charge is 0.492 e. The van der Waals surface area contributed by atoms with Gasteiger partial charge in [0.25, 0.3) is 5.69 Å². The third kappa shape index (κ3) is 3.81. The molecule has 2 aromatic heterocycles. The Bertz CT molecular complexity index is 1010. The summed E-state index contributed by atoms with van der Waals surface area (Å²) in [5, 5.41) is 35.3. The zero-order valence-corrected chi connectivity index (χ0v) is 16.7. The van der Waals surface area contributed by atoms with Crippen LogP contribution in [0.1, 0.15) is 22.3 Å². The van der Waals surface area contributed by atoms with Gasteiger partial charge in [0.2, 0.25) is 10.8 Å². The molecule has 0 radical (unpaired) electrons. The first-order valence-corrected chi connectivity index (χ1v) is 10.2. The van der Waals surface area contributed by atoms with E-state index in [2.05, 4.69) is 19.9 Å². The number of rotatable bonds is 6. The molecule has 3 heterocycles. The first-order chi connectivity index (χ1) is 14.0. The summed E-state index contributed by atoms with van der Waals surface area (Å²) >= 11 is 1.37. The molecule has 0 bridgehead atoms. The Hall–Kier alpha value is -2.60. The topological polar surface area (TPSA) is 120 Å². The maximum atomic E-state index is 11.0. The molecule has 1 fully saturated rings. The fourth-order valence-electron chi connectivity index (χ4n) is 3.72. The lowest BCUT2D eigenvalue weighted by molar-refractivity contribution is -0.384. The van der Waals surface area contributed by atoms with Crippen molar-refractivity contribution in [1.82, 2.24) is 24.4 Å². The van der Waals surface area contributed by atoms with Crippen LogP contribution in [0.15, 0.2) is 24.3 Å². The van der Waals surface area contributed by atoms with E-state index in [-0.39, 0.29) is 24.2 Å². The van der Waals surface area contributed by atoms with Crippen LogP contribution in [-0.2, 0) is 0 Å². The number of nitro benzene ring substituents is 1. The molecule has 29 heavy (non-hydrogen) atoms. The fourth-order valence-corrected chi connectivity index (χ4v) is 4.88. The third-order valence-corrected chi connectivity index (χ3v) is 6.23. The molecule has 3 aromatic rings. The highest BCUT2D eigenvalue weighted by Crippen LogP contribution is 2.40. The summed E-state index contributed by atoms with van der Waals surface area (Å²) in [7, 11) is 0. The van der Waals surface area contributed by atoms with Crippen LogP contribution < -0.4 is 0 Å². The summed E-state index contributed by atoms with van der Waals surface area (Å²) in [5.74, 6) is 0.634. The second kappa shape index (κ2) is 8.03. The van der Waals surface area contributed by atoms with Gasteiger partial charge in [0.05, 0.1) is 22.4 Å². The number of non-ortho nitro benzene ring substituents is 1. The summed E-state index contributed by atoms with van der Waals surface area (Å²) in [6, 6.07) is 6.19. The van der Waals surface area contributed by atoms with E-state index in [4.69, 9.17) is 0 Å². The quantitative estimate of drug-likeness (QED) is 0.455. The van der Waals surface area contributed by atoms with E-state index in [0.29, 0.717) is 22.2 Å². The Labute approximate surface area is 170 Å². The number of nitrogens with zero attached hydrogens (tertiary/aromatic N) is 6. The van der Waals surface area contributed by atoms with Gasteiger partial charge < -0.3 is 10.2 Å². The number of aliphatic hydroxyl groups excluding tert-OH is 1. The molecule has 1 aromatic carbocycles. The number of aromatic hydroxyl groups is 1. The molecule has 10 nitrogen and oxygen atoms in total. The number of thiazole rings is 1. The number of hydrogen-bond acceptors (Lipinski definition) is 9. The summed E-state index contributed by atoms with van der Waals surface area (Å²) in [6.45, 7) is 5.61. The average molecular weight is 418 g/mol. The Morgan fingerprint density at radius 3 is 2.52 bits per heavy atom. The Kier molecular flexibility index (Phi) is 5.46. The minimum absolute atomic E-state index is 0.0303. The molecule has 1 aliphatic rings. The van der Waals surface area contributed by atoms with E-state index in [9.17, 15) is 20.3 Å². The molecular formula is C18H22N6O4S. The van der Waals surface area contributed by atoms with Gasteiger partial charge in [-0.15, -0.1) is 5.10 Å². The maximum absolute atomic E-state index is 11.0. The average Bonchev–Trinajstić information content (AvgIpc) is 3.21. The SMILES string of the molecule is Cc1nc2sc([C@@H](c3ccc([N+](=O)[O-])cc3)N3CCN(CCO)CC3)c(O)n2n1. The van der Waals surface area contributed by atoms with E-state index in [0.717, 1.165) is 31.7 Å². The molecule has 2 N–H and O–H groups in total. The van der Waals surface area contributed by atoms with Gasteiger partial charge in [-0.3, -0.25) is 19.9 Å². The van der Waals surface area contributed by atoms with E-state index < -0.39 is 4.92 Å². The molecule has 1 atom stereocenters. The molecule has 0 unspecified atom stereocenters. The predicted octanol–water partition coefficient (Wildman–Crippen LogP) is 1.41. The highest BCUT2D eigenvalue weighted by molar-refractivity contribution is 7.17. The van der Waals surface area contributed by atoms with Gasteiger partial charge in [0.1, 0.15) is 5.82 Å². The van der Waals surface area contributed by atoms with Crippen LogP contribution in [0.3, 0.4) is 0 Å². The zero-order chi connectivity index (χ0) is 20.5. The van der Waals surface area contributed by atoms with Crippen LogP contribution in [0.4, 0.5) is 5.69 Å². The molecule has 11 heteroatoms. The van der Waals surface area contributed by atoms with Crippen molar-refractivity contribution >= 4 is 22.0 Å². The molecule has 0 aliphatic carbocycles. The number of nitro groups is 1. The predicted molar refractivity (Wildman–Crippen MR) is 107 cm³/mol. The van der Waals surface area contributed by atoms with Gasteiger partial charge in [0.15, 0.2) is 0 Å². The molecule has 0 amide bonds. The van der Waals surface area contributed by atoms with Crippen molar-refractivity contribution in [1.29, 1.82) is 0 Å². The highest BCUT2D eigenvalue weighted by atomic mass is 32.1. The summed E-state index contributed by atoms with van der Waals surface area (Å²) in [4.78, 5) is 20.7. The minimum Gasteiger partial charge on any atom is -0.492 e. The van der Waals surface area contributed by atoms with Gasteiger partial charge in [-0.05, 0) is 12.5 Å². The fraction of sp³-hybridized carbons (Fsp3) is 0.444. The number of hydrogen-bond donors (Lipinski definition) is 2. The van der Waals surface area contributed by atoms with Crippen molar-refractivity contribution in [3.8, 4) is 5.88 Å². The van der Waals surface area contributed by atoms with Crippen molar-refractivity contribution in [2.45, 2.75) is 13.0 Å². The van der Waals surface area contributed by atoms with Gasteiger partial charge in [0, 0.05) is 44.9 Å². The number of β-amino-alcohol motifs (C(OH)–C–C–N with tert-alkyl or cyclic N) is 1. The maximum Gasteiger partial charge on any atom is 0.269 e. The van der Waals surface area contributed by atoms with Crippen LogP contribution in [0.25, 0.3) is 4.96 Å². The number of piperazine rings is 1. The molecule has 0 spiro atoms. The second-order valence-corrected chi connectivity index (χ2v) is 8.00. The first kappa shape index (κ1) is 19.7. The summed E-state index contributed by atoms with van der Waals surface area (Å²) < 4.78 is 1.44. The Morgan fingerprint density at radius 1 is 1.24 bits per heavy atom. The van der Waals surface area contributed by atoms with Crippen molar-refractivity contribution in [2.75, 3.05) is 39.3 Å². The Balaban J connectivity index is 1.71. The highest BCUT2D eigenvalue weighted by Gasteiger charge is 2.31. The van der Waals surface area contributed by atoms with Gasteiger partial charge >= 0.3 is 0 Å². The van der Waals surface area contributed by atoms with Crippen LogP contribution in [0.5, 0.6) is 5.88 Å². The van der Waals surface area contributed by atoms with Crippen LogP contribution in [0.2, 0.25) is 0 Å². The van der Waals surface area contributed by atoms with Crippen LogP contribution in [-0.4, -0.2) is 78.9 Å². The molecule has 4 rings (SSSR count). The monoisotopic (exact) mass is 418 g/mol. The van der Waals surface area contributed by atoms with Crippen molar-refractivity contribution in [3.05, 3.63) is 50.6 Å². The van der Waals surface area contributed by atoms with Crippen molar-refractivity contribution < 1.29 is 15.1 Å². The van der Waals surface area contributed by atoms with Gasteiger partial charge in [-0.2, -0.15) is 4.52 Å². The number of fused-ring (bicyclic) bond motifs is 1. The van der Waals surface area contributed by atoms with E-state index >= 15 is 0 Å². The normalized spacial score (nSPS) is 17.0. The molecule has 1 aliphatic heterocycles. The van der Waals surface area contributed by atoms with Gasteiger partial charge in [-0.25, -0.2) is 4.98 Å². The first-order valence-electron chi connectivity index (χ1n) is 9.34. The van der Waals surface area contributed by atoms with E-state index in [1.54, 1.807) is 19.1 Å². The number of aliphatic hydroxyl groups is 1. The molecule has 0 saturated carbocycles. The summed E-state index contributed by atoms with van der Waals surface area (Å²) in [6.07, 6.45) is 0. The zero-order valence-electron chi connectivity index (χ0n) is 15.9. The standard InChI is InChI=1S/C18H22N6O4S/c1-12-19-18-23(20-12)17(26)16(29-18)15(13-2-4-14(5-3-13)24(27)28)22-8-6-21(7-9-22)10-11-25/h2-5,15,25-26H,6-11H2,1H3/t15-/m1/s1. The van der Waals surface area contributed by atoms with Crippen LogP contribution in [0, 0.1) is 17.0 Å². The number of aryl methyl sites for hydroxylation is 1. The lowest BCUT2D eigenvalue weighted by atomic mass is 10.0. The molecule has 1 saturated heterocycles. The summed E-state index contributed by atoms with van der Waals surface area (Å²) in [5.41, 5.74) is 0.894. The van der Waals surface area contributed by atoms with Crippen molar-refractivity contribution in [2.24, 2.45) is 0 Å². The van der Waals surface area contributed by atoms with E-state index in [1.807, 2.05) is 0 Å². The van der Waals surface area contributed by atoms with E-state index in [1.165, 1.54) is 28.0 Å².